The second-order valence-electron chi connectivity index (χ2n) is 4.57. The molecule has 0 spiro atoms. The van der Waals surface area contributed by atoms with Crippen LogP contribution in [0.1, 0.15) is 32.0 Å². The van der Waals surface area contributed by atoms with E-state index in [1.807, 2.05) is 11.6 Å². The van der Waals surface area contributed by atoms with E-state index < -0.39 is 0 Å². The first kappa shape index (κ1) is 11.0. The number of hydrogen-bond acceptors (Lipinski definition) is 4. The Labute approximate surface area is 94.1 Å². The number of aromatic nitrogens is 3. The highest BCUT2D eigenvalue weighted by atomic mass is 32.2. The fourth-order valence-corrected chi connectivity index (χ4v) is 2.94. The number of hydrogen-bond donors (Lipinski definition) is 1. The molecular weight excluding hydrogens is 210 g/mol. The smallest absolute Gasteiger partial charge is 0.191 e. The van der Waals surface area contributed by atoms with E-state index >= 15 is 0 Å². The highest BCUT2D eigenvalue weighted by Crippen LogP contribution is 2.43. The summed E-state index contributed by atoms with van der Waals surface area (Å²) in [7, 11) is 1.90. The van der Waals surface area contributed by atoms with Gasteiger partial charge in [0.15, 0.2) is 11.0 Å². The molecule has 0 atom stereocenters. The molecule has 84 valence electrons. The fourth-order valence-electron chi connectivity index (χ4n) is 1.77. The van der Waals surface area contributed by atoms with E-state index in [1.54, 1.807) is 11.8 Å². The summed E-state index contributed by atoms with van der Waals surface area (Å²) in [6, 6.07) is 0. The summed E-state index contributed by atoms with van der Waals surface area (Å²) in [5.41, 5.74) is 0.496. The van der Waals surface area contributed by atoms with Gasteiger partial charge in [0, 0.05) is 12.8 Å². The lowest BCUT2D eigenvalue weighted by Gasteiger charge is -2.37. The molecule has 0 saturated heterocycles. The Kier molecular flexibility index (Phi) is 3.02. The van der Waals surface area contributed by atoms with Crippen LogP contribution in [0.25, 0.3) is 0 Å². The monoisotopic (exact) mass is 227 g/mol. The van der Waals surface area contributed by atoms with Crippen molar-refractivity contribution in [3.05, 3.63) is 5.82 Å². The number of thioether (sulfide) groups is 1. The van der Waals surface area contributed by atoms with Gasteiger partial charge in [-0.15, -0.1) is 10.2 Å². The van der Waals surface area contributed by atoms with Gasteiger partial charge < -0.3 is 9.67 Å². The third kappa shape index (κ3) is 2.18. The van der Waals surface area contributed by atoms with E-state index in [0.717, 1.165) is 10.9 Å². The Morgan fingerprint density at radius 3 is 2.67 bits per heavy atom. The molecule has 0 unspecified atom stereocenters. The van der Waals surface area contributed by atoms with Crippen molar-refractivity contribution in [2.24, 2.45) is 12.5 Å². The van der Waals surface area contributed by atoms with Crippen molar-refractivity contribution in [1.82, 2.24) is 14.8 Å². The van der Waals surface area contributed by atoms with Gasteiger partial charge in [-0.05, 0) is 18.3 Å². The Bertz CT molecular complexity index is 346. The van der Waals surface area contributed by atoms with Crippen molar-refractivity contribution in [2.75, 3.05) is 5.75 Å². The Hall–Kier alpha value is -0.550. The molecule has 4 nitrogen and oxygen atoms in total. The van der Waals surface area contributed by atoms with Crippen LogP contribution in [0.4, 0.5) is 0 Å². The number of aliphatic hydroxyl groups excluding tert-OH is 1. The maximum Gasteiger partial charge on any atom is 0.191 e. The quantitative estimate of drug-likeness (QED) is 0.794. The minimum atomic E-state index is -0.0403. The van der Waals surface area contributed by atoms with Gasteiger partial charge in [-0.25, -0.2) is 0 Å². The lowest BCUT2D eigenvalue weighted by molar-refractivity contribution is 0.197. The second kappa shape index (κ2) is 4.14. The molecule has 1 aliphatic rings. The van der Waals surface area contributed by atoms with Crippen LogP contribution in [0.3, 0.4) is 0 Å². The first-order valence-corrected chi connectivity index (χ1v) is 6.25. The molecule has 0 amide bonds. The zero-order valence-electron chi connectivity index (χ0n) is 9.23. The van der Waals surface area contributed by atoms with E-state index in [0.29, 0.717) is 11.2 Å². The topological polar surface area (TPSA) is 50.9 Å². The van der Waals surface area contributed by atoms with Gasteiger partial charge in [-0.3, -0.25) is 0 Å². The van der Waals surface area contributed by atoms with Crippen LogP contribution in [0.2, 0.25) is 0 Å². The van der Waals surface area contributed by atoms with Crippen molar-refractivity contribution < 1.29 is 5.11 Å². The predicted octanol–water partition coefficient (Wildman–Crippen LogP) is 1.59. The van der Waals surface area contributed by atoms with E-state index in [1.165, 1.54) is 19.3 Å². The summed E-state index contributed by atoms with van der Waals surface area (Å²) in [5.74, 6) is 1.74. The van der Waals surface area contributed by atoms with E-state index in [2.05, 4.69) is 17.1 Å². The van der Waals surface area contributed by atoms with Crippen LogP contribution in [0.15, 0.2) is 5.16 Å². The van der Waals surface area contributed by atoms with Crippen molar-refractivity contribution in [1.29, 1.82) is 0 Å². The van der Waals surface area contributed by atoms with Gasteiger partial charge in [0.25, 0.3) is 0 Å². The van der Waals surface area contributed by atoms with Crippen LogP contribution >= 0.6 is 11.8 Å². The molecule has 0 aromatic carbocycles. The van der Waals surface area contributed by atoms with Gasteiger partial charge >= 0.3 is 0 Å². The molecule has 1 aromatic rings. The summed E-state index contributed by atoms with van der Waals surface area (Å²) >= 11 is 1.74. The standard InChI is InChI=1S/C10H17N3OS/c1-10(4-3-5-10)7-15-9-12-11-8(6-14)13(9)2/h14H,3-7H2,1-2H3. The lowest BCUT2D eigenvalue weighted by atomic mass is 9.72. The van der Waals surface area contributed by atoms with Crippen LogP contribution in [-0.4, -0.2) is 25.6 Å². The zero-order valence-corrected chi connectivity index (χ0v) is 10.0. The van der Waals surface area contributed by atoms with E-state index in [9.17, 15) is 0 Å². The maximum absolute atomic E-state index is 8.98. The molecule has 1 heterocycles. The molecule has 0 radical (unpaired) electrons. The molecule has 15 heavy (non-hydrogen) atoms. The Balaban J connectivity index is 1.95. The molecule has 1 fully saturated rings. The summed E-state index contributed by atoms with van der Waals surface area (Å²) in [4.78, 5) is 0. The molecule has 2 rings (SSSR count). The van der Waals surface area contributed by atoms with Crippen LogP contribution in [0.5, 0.6) is 0 Å². The average molecular weight is 227 g/mol. The van der Waals surface area contributed by atoms with E-state index in [-0.39, 0.29) is 6.61 Å². The fraction of sp³-hybridized carbons (Fsp3) is 0.800. The van der Waals surface area contributed by atoms with Gasteiger partial charge in [0.1, 0.15) is 6.61 Å². The summed E-state index contributed by atoms with van der Waals surface area (Å²) in [6.45, 7) is 2.29. The molecule has 0 bridgehead atoms. The predicted molar refractivity (Wildman–Crippen MR) is 59.6 cm³/mol. The molecular formula is C10H17N3OS. The normalized spacial score (nSPS) is 18.9. The van der Waals surface area contributed by atoms with Crippen LogP contribution in [0, 0.1) is 5.41 Å². The molecule has 5 heteroatoms. The minimum absolute atomic E-state index is 0.0403. The highest BCUT2D eigenvalue weighted by Gasteiger charge is 2.32. The first-order chi connectivity index (χ1) is 7.14. The minimum Gasteiger partial charge on any atom is -0.388 e. The van der Waals surface area contributed by atoms with Gasteiger partial charge in [-0.1, -0.05) is 25.1 Å². The van der Waals surface area contributed by atoms with Crippen molar-refractivity contribution in [3.63, 3.8) is 0 Å². The van der Waals surface area contributed by atoms with Crippen molar-refractivity contribution in [2.45, 2.75) is 37.9 Å². The first-order valence-electron chi connectivity index (χ1n) is 5.26. The van der Waals surface area contributed by atoms with Crippen LogP contribution in [-0.2, 0) is 13.7 Å². The molecule has 1 aliphatic carbocycles. The molecule has 1 aromatic heterocycles. The number of aliphatic hydroxyl groups is 1. The largest absolute Gasteiger partial charge is 0.388 e. The number of nitrogens with zero attached hydrogens (tertiary/aromatic N) is 3. The lowest BCUT2D eigenvalue weighted by Crippen LogP contribution is -2.28. The maximum atomic E-state index is 8.98. The van der Waals surface area contributed by atoms with Crippen molar-refractivity contribution in [3.8, 4) is 0 Å². The summed E-state index contributed by atoms with van der Waals surface area (Å²) in [5, 5.41) is 17.9. The zero-order chi connectivity index (χ0) is 10.9. The summed E-state index contributed by atoms with van der Waals surface area (Å²) < 4.78 is 1.87. The molecule has 1 saturated carbocycles. The van der Waals surface area contributed by atoms with Crippen molar-refractivity contribution >= 4 is 11.8 Å². The Morgan fingerprint density at radius 2 is 2.20 bits per heavy atom. The molecule has 1 N–H and O–H groups in total. The van der Waals surface area contributed by atoms with E-state index in [4.69, 9.17) is 5.11 Å². The van der Waals surface area contributed by atoms with Gasteiger partial charge in [-0.2, -0.15) is 0 Å². The average Bonchev–Trinajstić information content (AvgIpc) is 2.53. The van der Waals surface area contributed by atoms with Gasteiger partial charge in [0.05, 0.1) is 0 Å². The summed E-state index contributed by atoms with van der Waals surface area (Å²) in [6.07, 6.45) is 4.01. The number of rotatable bonds is 4. The second-order valence-corrected chi connectivity index (χ2v) is 5.51. The third-order valence-electron chi connectivity index (χ3n) is 3.18. The third-order valence-corrected chi connectivity index (χ3v) is 4.63. The highest BCUT2D eigenvalue weighted by molar-refractivity contribution is 7.99. The Morgan fingerprint density at radius 1 is 1.47 bits per heavy atom. The SMILES string of the molecule is Cn1c(CO)nnc1SCC1(C)CCC1. The van der Waals surface area contributed by atoms with Crippen LogP contribution < -0.4 is 0 Å². The molecule has 0 aliphatic heterocycles. The van der Waals surface area contributed by atoms with Gasteiger partial charge in [0.2, 0.25) is 0 Å².